The molecule has 1 N–H and O–H groups in total. The number of aryl methyl sites for hydroxylation is 2. The van der Waals surface area contributed by atoms with Gasteiger partial charge >= 0.3 is 6.18 Å². The smallest absolute Gasteiger partial charge is 0.356 e. The summed E-state index contributed by atoms with van der Waals surface area (Å²) in [5, 5.41) is 6.31. The van der Waals surface area contributed by atoms with E-state index in [0.29, 0.717) is 25.2 Å². The lowest BCUT2D eigenvalue weighted by Gasteiger charge is -2.07. The molecule has 130 valence electrons. The first-order valence-electron chi connectivity index (χ1n) is 7.38. The highest BCUT2D eigenvalue weighted by atomic mass is 79.9. The van der Waals surface area contributed by atoms with Crippen molar-refractivity contribution in [1.29, 1.82) is 0 Å². The number of amides is 1. The van der Waals surface area contributed by atoms with E-state index in [1.165, 1.54) is 4.68 Å². The zero-order chi connectivity index (χ0) is 17.7. The number of nitrogens with one attached hydrogen (secondary N) is 1. The Morgan fingerprint density at radius 1 is 1.29 bits per heavy atom. The normalized spacial score (nSPS) is 11.5. The Bertz CT molecular complexity index is 696. The van der Waals surface area contributed by atoms with E-state index in [4.69, 9.17) is 0 Å². The number of benzene rings is 1. The minimum Gasteiger partial charge on any atom is -0.356 e. The van der Waals surface area contributed by atoms with Gasteiger partial charge in [0.1, 0.15) is 0 Å². The van der Waals surface area contributed by atoms with Crippen LogP contribution in [-0.4, -0.2) is 22.2 Å². The van der Waals surface area contributed by atoms with E-state index in [1.54, 1.807) is 6.92 Å². The average molecular weight is 404 g/mol. The first-order valence-corrected chi connectivity index (χ1v) is 8.18. The van der Waals surface area contributed by atoms with Crippen molar-refractivity contribution in [1.82, 2.24) is 15.1 Å². The predicted octanol–water partition coefficient (Wildman–Crippen LogP) is 3.72. The van der Waals surface area contributed by atoms with Gasteiger partial charge in [-0.2, -0.15) is 18.3 Å². The van der Waals surface area contributed by atoms with E-state index in [1.807, 2.05) is 24.3 Å². The fourth-order valence-electron chi connectivity index (χ4n) is 2.18. The Morgan fingerprint density at radius 3 is 2.54 bits per heavy atom. The van der Waals surface area contributed by atoms with E-state index in [2.05, 4.69) is 26.3 Å². The minimum absolute atomic E-state index is 0.120. The van der Waals surface area contributed by atoms with E-state index >= 15 is 0 Å². The molecule has 1 heterocycles. The Hall–Kier alpha value is -1.83. The lowest BCUT2D eigenvalue weighted by molar-refractivity contribution is -0.141. The average Bonchev–Trinajstić information content (AvgIpc) is 2.87. The lowest BCUT2D eigenvalue weighted by atomic mass is 10.1. The number of hydrogen-bond acceptors (Lipinski definition) is 2. The Morgan fingerprint density at radius 2 is 1.96 bits per heavy atom. The van der Waals surface area contributed by atoms with Gasteiger partial charge in [0.2, 0.25) is 5.91 Å². The second kappa shape index (κ2) is 7.83. The Kier molecular flexibility index (Phi) is 6.04. The summed E-state index contributed by atoms with van der Waals surface area (Å²) in [6.45, 7) is 2.28. The third kappa shape index (κ3) is 5.36. The fraction of sp³-hybridized carbons (Fsp3) is 0.375. The number of carbonyl (C=O) groups excluding carboxylic acids is 1. The second-order valence-corrected chi connectivity index (χ2v) is 6.31. The predicted molar refractivity (Wildman–Crippen MR) is 87.4 cm³/mol. The molecule has 24 heavy (non-hydrogen) atoms. The molecule has 1 aromatic carbocycles. The van der Waals surface area contributed by atoms with Crippen LogP contribution >= 0.6 is 15.9 Å². The van der Waals surface area contributed by atoms with Crippen LogP contribution in [0.3, 0.4) is 0 Å². The molecule has 0 fully saturated rings. The van der Waals surface area contributed by atoms with Crippen LogP contribution in [0.2, 0.25) is 0 Å². The number of rotatable bonds is 6. The van der Waals surface area contributed by atoms with Crippen LogP contribution in [0.4, 0.5) is 13.2 Å². The molecule has 2 rings (SSSR count). The van der Waals surface area contributed by atoms with Gasteiger partial charge in [-0.3, -0.25) is 9.48 Å². The summed E-state index contributed by atoms with van der Waals surface area (Å²) in [6, 6.07) is 8.46. The van der Waals surface area contributed by atoms with E-state index in [-0.39, 0.29) is 12.3 Å². The van der Waals surface area contributed by atoms with Crippen LogP contribution < -0.4 is 5.32 Å². The molecule has 0 aliphatic rings. The van der Waals surface area contributed by atoms with Gasteiger partial charge in [0.25, 0.3) is 0 Å². The summed E-state index contributed by atoms with van der Waals surface area (Å²) < 4.78 is 40.0. The third-order valence-electron chi connectivity index (χ3n) is 3.42. The van der Waals surface area contributed by atoms with Crippen molar-refractivity contribution in [2.24, 2.45) is 0 Å². The number of aromatic nitrogens is 2. The molecular formula is C16H17BrF3N3O. The van der Waals surface area contributed by atoms with Gasteiger partial charge in [0.05, 0.1) is 6.42 Å². The molecule has 1 aromatic heterocycles. The SMILES string of the molecule is Cc1cc(C(F)(F)F)nn1CCCNC(=O)Cc1ccc(Br)cc1. The molecular weight excluding hydrogens is 387 g/mol. The number of alkyl halides is 3. The lowest BCUT2D eigenvalue weighted by Crippen LogP contribution is -2.27. The zero-order valence-electron chi connectivity index (χ0n) is 13.0. The van der Waals surface area contributed by atoms with Crippen LogP contribution in [0.15, 0.2) is 34.8 Å². The summed E-state index contributed by atoms with van der Waals surface area (Å²) in [4.78, 5) is 11.8. The Balaban J connectivity index is 1.75. The topological polar surface area (TPSA) is 46.9 Å². The van der Waals surface area contributed by atoms with Crippen molar-refractivity contribution in [2.45, 2.75) is 32.5 Å². The highest BCUT2D eigenvalue weighted by Crippen LogP contribution is 2.28. The molecule has 0 spiro atoms. The zero-order valence-corrected chi connectivity index (χ0v) is 14.6. The van der Waals surface area contributed by atoms with Crippen LogP contribution in [-0.2, 0) is 23.9 Å². The van der Waals surface area contributed by atoms with Crippen molar-refractivity contribution in [3.8, 4) is 0 Å². The molecule has 0 atom stereocenters. The molecule has 8 heteroatoms. The molecule has 0 aliphatic carbocycles. The minimum atomic E-state index is -4.44. The summed E-state index contributed by atoms with van der Waals surface area (Å²) in [5.41, 5.74) is 0.455. The van der Waals surface area contributed by atoms with Crippen molar-refractivity contribution >= 4 is 21.8 Å². The molecule has 0 radical (unpaired) electrons. The first kappa shape index (κ1) is 18.5. The molecule has 0 unspecified atom stereocenters. The molecule has 4 nitrogen and oxygen atoms in total. The van der Waals surface area contributed by atoms with Crippen molar-refractivity contribution < 1.29 is 18.0 Å². The van der Waals surface area contributed by atoms with Gasteiger partial charge in [-0.25, -0.2) is 0 Å². The third-order valence-corrected chi connectivity index (χ3v) is 3.95. The maximum atomic E-state index is 12.6. The molecule has 2 aromatic rings. The van der Waals surface area contributed by atoms with E-state index < -0.39 is 11.9 Å². The maximum Gasteiger partial charge on any atom is 0.435 e. The highest BCUT2D eigenvalue weighted by Gasteiger charge is 2.34. The van der Waals surface area contributed by atoms with Gasteiger partial charge < -0.3 is 5.32 Å². The molecule has 1 amide bonds. The summed E-state index contributed by atoms with van der Waals surface area (Å²) in [5.74, 6) is -0.120. The van der Waals surface area contributed by atoms with Crippen LogP contribution in [0.25, 0.3) is 0 Å². The highest BCUT2D eigenvalue weighted by molar-refractivity contribution is 9.10. The van der Waals surface area contributed by atoms with Crippen LogP contribution in [0.1, 0.15) is 23.4 Å². The molecule has 0 aliphatic heterocycles. The van der Waals surface area contributed by atoms with Gasteiger partial charge in [-0.15, -0.1) is 0 Å². The molecule has 0 saturated heterocycles. The largest absolute Gasteiger partial charge is 0.435 e. The number of halogens is 4. The summed E-state index contributed by atoms with van der Waals surface area (Å²) >= 11 is 3.33. The van der Waals surface area contributed by atoms with Crippen LogP contribution in [0, 0.1) is 6.92 Å². The summed E-state index contributed by atoms with van der Waals surface area (Å²) in [7, 11) is 0. The van der Waals surface area contributed by atoms with Gasteiger partial charge in [-0.05, 0) is 37.1 Å². The standard InChI is InChI=1S/C16H17BrF3N3O/c1-11-9-14(16(18,19)20)22-23(11)8-2-7-21-15(24)10-12-3-5-13(17)6-4-12/h3-6,9H,2,7-8,10H2,1H3,(H,21,24). The number of carbonyl (C=O) groups is 1. The van der Waals surface area contributed by atoms with Crippen molar-refractivity contribution in [3.05, 3.63) is 51.8 Å². The summed E-state index contributed by atoms with van der Waals surface area (Å²) in [6.07, 6.45) is -3.66. The quantitative estimate of drug-likeness (QED) is 0.747. The van der Waals surface area contributed by atoms with Gasteiger partial charge in [0.15, 0.2) is 5.69 Å². The van der Waals surface area contributed by atoms with E-state index in [9.17, 15) is 18.0 Å². The monoisotopic (exact) mass is 403 g/mol. The number of nitrogens with zero attached hydrogens (tertiary/aromatic N) is 2. The Labute approximate surface area is 146 Å². The number of hydrogen-bond donors (Lipinski definition) is 1. The van der Waals surface area contributed by atoms with E-state index in [0.717, 1.165) is 16.1 Å². The van der Waals surface area contributed by atoms with Crippen molar-refractivity contribution in [2.75, 3.05) is 6.54 Å². The maximum absolute atomic E-state index is 12.6. The second-order valence-electron chi connectivity index (χ2n) is 5.40. The molecule has 0 saturated carbocycles. The van der Waals surface area contributed by atoms with Gasteiger partial charge in [0, 0.05) is 23.3 Å². The fourth-order valence-corrected chi connectivity index (χ4v) is 2.45. The van der Waals surface area contributed by atoms with Gasteiger partial charge in [-0.1, -0.05) is 28.1 Å². The van der Waals surface area contributed by atoms with Crippen LogP contribution in [0.5, 0.6) is 0 Å². The first-order chi connectivity index (χ1) is 11.3. The van der Waals surface area contributed by atoms with Crippen molar-refractivity contribution in [3.63, 3.8) is 0 Å². The molecule has 0 bridgehead atoms.